The molecule has 1 aromatic carbocycles. The molecular weight excluding hydrogens is 228 g/mol. The van der Waals surface area contributed by atoms with Gasteiger partial charge in [0.15, 0.2) is 0 Å². The highest BCUT2D eigenvalue weighted by molar-refractivity contribution is 7.07. The Kier molecular flexibility index (Phi) is 3.11. The normalized spacial score (nSPS) is 10.0. The van der Waals surface area contributed by atoms with E-state index >= 15 is 0 Å². The van der Waals surface area contributed by atoms with Gasteiger partial charge >= 0.3 is 5.97 Å². The van der Waals surface area contributed by atoms with Crippen molar-refractivity contribution in [1.82, 2.24) is 9.36 Å². The summed E-state index contributed by atoms with van der Waals surface area (Å²) in [4.78, 5) is 14.4. The minimum absolute atomic E-state index is 0.0205. The van der Waals surface area contributed by atoms with Gasteiger partial charge in [0, 0.05) is 11.5 Å². The lowest BCUT2D eigenvalue weighted by molar-refractivity contribution is -0.136. The Morgan fingerprint density at radius 3 is 3.06 bits per heavy atom. The zero-order valence-electron chi connectivity index (χ0n) is 8.16. The number of hydrogen-bond acceptors (Lipinski definition) is 5. The fraction of sp³-hybridized carbons (Fsp3) is 0.100. The standard InChI is InChI=1S/C10H8N2O3S/c13-9(14)5-7-2-1-3-8(4-7)15-10-11-6-12-16-10/h1-4,6H,5H2,(H,13,14). The first-order valence-corrected chi connectivity index (χ1v) is 5.26. The molecule has 6 heteroatoms. The maximum absolute atomic E-state index is 10.5. The lowest BCUT2D eigenvalue weighted by atomic mass is 10.1. The number of ether oxygens (including phenoxy) is 1. The third-order valence-electron chi connectivity index (χ3n) is 1.80. The number of nitrogens with zero attached hydrogens (tertiary/aromatic N) is 2. The molecule has 0 saturated carbocycles. The lowest BCUT2D eigenvalue weighted by Gasteiger charge is -2.02. The predicted molar refractivity (Wildman–Crippen MR) is 57.8 cm³/mol. The van der Waals surface area contributed by atoms with Crippen molar-refractivity contribution < 1.29 is 14.6 Å². The van der Waals surface area contributed by atoms with Crippen molar-refractivity contribution >= 4 is 17.5 Å². The monoisotopic (exact) mass is 236 g/mol. The third kappa shape index (κ3) is 2.77. The Morgan fingerprint density at radius 2 is 2.38 bits per heavy atom. The number of benzene rings is 1. The highest BCUT2D eigenvalue weighted by Crippen LogP contribution is 2.22. The van der Waals surface area contributed by atoms with E-state index in [0.29, 0.717) is 16.5 Å². The summed E-state index contributed by atoms with van der Waals surface area (Å²) in [6.45, 7) is 0. The van der Waals surface area contributed by atoms with Crippen LogP contribution in [0.4, 0.5) is 0 Å². The molecule has 2 aromatic rings. The number of hydrogen-bond donors (Lipinski definition) is 1. The van der Waals surface area contributed by atoms with Gasteiger partial charge in [0.05, 0.1) is 6.42 Å². The summed E-state index contributed by atoms with van der Waals surface area (Å²) in [7, 11) is 0. The van der Waals surface area contributed by atoms with E-state index in [1.807, 2.05) is 0 Å². The van der Waals surface area contributed by atoms with Gasteiger partial charge in [-0.15, -0.1) is 0 Å². The van der Waals surface area contributed by atoms with Gasteiger partial charge in [-0.05, 0) is 17.7 Å². The van der Waals surface area contributed by atoms with Crippen LogP contribution in [0.2, 0.25) is 0 Å². The molecule has 0 aliphatic heterocycles. The molecule has 0 amide bonds. The van der Waals surface area contributed by atoms with Crippen molar-refractivity contribution in [3.05, 3.63) is 36.2 Å². The van der Waals surface area contributed by atoms with Crippen molar-refractivity contribution in [3.63, 3.8) is 0 Å². The average molecular weight is 236 g/mol. The van der Waals surface area contributed by atoms with Gasteiger partial charge in [-0.3, -0.25) is 4.79 Å². The highest BCUT2D eigenvalue weighted by atomic mass is 32.1. The van der Waals surface area contributed by atoms with Gasteiger partial charge in [-0.25, -0.2) is 0 Å². The minimum atomic E-state index is -0.868. The maximum Gasteiger partial charge on any atom is 0.307 e. The Morgan fingerprint density at radius 1 is 1.50 bits per heavy atom. The lowest BCUT2D eigenvalue weighted by Crippen LogP contribution is -1.99. The Labute approximate surface area is 95.5 Å². The Balaban J connectivity index is 2.13. The quantitative estimate of drug-likeness (QED) is 0.878. The first-order valence-electron chi connectivity index (χ1n) is 4.49. The fourth-order valence-corrected chi connectivity index (χ4v) is 1.61. The molecule has 1 N–H and O–H groups in total. The van der Waals surface area contributed by atoms with E-state index in [1.165, 1.54) is 6.33 Å². The molecular formula is C10H8N2O3S. The van der Waals surface area contributed by atoms with E-state index in [-0.39, 0.29) is 6.42 Å². The van der Waals surface area contributed by atoms with Gasteiger partial charge in [-0.1, -0.05) is 12.1 Å². The minimum Gasteiger partial charge on any atom is -0.481 e. The summed E-state index contributed by atoms with van der Waals surface area (Å²) < 4.78 is 9.19. The molecule has 0 fully saturated rings. The van der Waals surface area contributed by atoms with Crippen LogP contribution in [0.5, 0.6) is 10.9 Å². The van der Waals surface area contributed by atoms with Crippen LogP contribution in [0.25, 0.3) is 0 Å². The largest absolute Gasteiger partial charge is 0.481 e. The number of carboxylic acid groups (broad SMARTS) is 1. The van der Waals surface area contributed by atoms with Crippen LogP contribution in [0, 0.1) is 0 Å². The van der Waals surface area contributed by atoms with Crippen LogP contribution in [0.1, 0.15) is 5.56 Å². The molecule has 0 bridgehead atoms. The summed E-state index contributed by atoms with van der Waals surface area (Å²) in [6, 6.07) is 6.90. The highest BCUT2D eigenvalue weighted by Gasteiger charge is 2.04. The zero-order valence-corrected chi connectivity index (χ0v) is 8.98. The number of aliphatic carboxylic acids is 1. The second kappa shape index (κ2) is 4.71. The SMILES string of the molecule is O=C(O)Cc1cccc(Oc2ncns2)c1. The number of carbonyl (C=O) groups is 1. The molecule has 16 heavy (non-hydrogen) atoms. The van der Waals surface area contributed by atoms with E-state index in [2.05, 4.69) is 9.36 Å². The van der Waals surface area contributed by atoms with E-state index in [0.717, 1.165) is 11.5 Å². The van der Waals surface area contributed by atoms with E-state index in [9.17, 15) is 4.79 Å². The van der Waals surface area contributed by atoms with Crippen LogP contribution in [0.3, 0.4) is 0 Å². The molecule has 0 unspecified atom stereocenters. The van der Waals surface area contributed by atoms with Gasteiger partial charge in [-0.2, -0.15) is 9.36 Å². The maximum atomic E-state index is 10.5. The molecule has 0 radical (unpaired) electrons. The molecule has 5 nitrogen and oxygen atoms in total. The molecule has 1 heterocycles. The Hall–Kier alpha value is -1.95. The molecule has 0 aliphatic rings. The van der Waals surface area contributed by atoms with E-state index in [1.54, 1.807) is 24.3 Å². The first kappa shape index (κ1) is 10.6. The van der Waals surface area contributed by atoms with Crippen molar-refractivity contribution in [2.75, 3.05) is 0 Å². The van der Waals surface area contributed by atoms with E-state index in [4.69, 9.17) is 9.84 Å². The van der Waals surface area contributed by atoms with Crippen LogP contribution in [0.15, 0.2) is 30.6 Å². The number of carboxylic acids is 1. The molecule has 1 aromatic heterocycles. The summed E-state index contributed by atoms with van der Waals surface area (Å²) in [5, 5.41) is 9.09. The Bertz CT molecular complexity index is 485. The van der Waals surface area contributed by atoms with Crippen LogP contribution in [-0.2, 0) is 11.2 Å². The summed E-state index contributed by atoms with van der Waals surface area (Å²) in [5.41, 5.74) is 0.689. The van der Waals surface area contributed by atoms with Crippen LogP contribution < -0.4 is 4.74 Å². The molecule has 0 saturated heterocycles. The summed E-state index contributed by atoms with van der Waals surface area (Å²) in [5.74, 6) is -0.302. The third-order valence-corrected chi connectivity index (χ3v) is 2.34. The smallest absolute Gasteiger partial charge is 0.307 e. The van der Waals surface area contributed by atoms with Gasteiger partial charge in [0.1, 0.15) is 12.1 Å². The molecule has 0 aliphatic carbocycles. The summed E-state index contributed by atoms with van der Waals surface area (Å²) >= 11 is 1.14. The van der Waals surface area contributed by atoms with Crippen LogP contribution >= 0.6 is 11.5 Å². The average Bonchev–Trinajstić information content (AvgIpc) is 2.70. The van der Waals surface area contributed by atoms with E-state index < -0.39 is 5.97 Å². The number of aromatic nitrogens is 2. The van der Waals surface area contributed by atoms with Gasteiger partial charge < -0.3 is 9.84 Å². The van der Waals surface area contributed by atoms with Crippen molar-refractivity contribution in [2.24, 2.45) is 0 Å². The van der Waals surface area contributed by atoms with Gasteiger partial charge in [0.25, 0.3) is 5.19 Å². The fourth-order valence-electron chi connectivity index (χ4n) is 1.20. The van der Waals surface area contributed by atoms with Gasteiger partial charge in [0.2, 0.25) is 0 Å². The molecule has 2 rings (SSSR count). The predicted octanol–water partition coefficient (Wildman–Crippen LogP) is 1.96. The molecule has 0 atom stereocenters. The zero-order chi connectivity index (χ0) is 11.4. The van der Waals surface area contributed by atoms with Crippen molar-refractivity contribution in [1.29, 1.82) is 0 Å². The van der Waals surface area contributed by atoms with Crippen LogP contribution in [-0.4, -0.2) is 20.4 Å². The molecule has 82 valence electrons. The van der Waals surface area contributed by atoms with Crippen molar-refractivity contribution in [3.8, 4) is 10.9 Å². The van der Waals surface area contributed by atoms with Crippen molar-refractivity contribution in [2.45, 2.75) is 6.42 Å². The molecule has 0 spiro atoms. The topological polar surface area (TPSA) is 72.3 Å². The first-order chi connectivity index (χ1) is 7.74. The number of rotatable bonds is 4. The second-order valence-corrected chi connectivity index (χ2v) is 3.77. The second-order valence-electron chi connectivity index (χ2n) is 3.03. The summed E-state index contributed by atoms with van der Waals surface area (Å²) in [6.07, 6.45) is 1.38.